The fourth-order valence-corrected chi connectivity index (χ4v) is 2.00. The average molecular weight is 201 g/mol. The van der Waals surface area contributed by atoms with Gasteiger partial charge in [0.05, 0.1) is 0 Å². The van der Waals surface area contributed by atoms with Gasteiger partial charge >= 0.3 is 0 Å². The minimum atomic E-state index is 0.598. The van der Waals surface area contributed by atoms with Crippen molar-refractivity contribution in [2.24, 2.45) is 11.8 Å². The largest absolute Gasteiger partial charge is 0.382 e. The standard InChI is InChI=1S/C12H27NO/c1-6-13-11(5)12(10(3)4)8-9-14-7-2/h10-13H,6-9H2,1-5H3. The molecule has 0 saturated heterocycles. The summed E-state index contributed by atoms with van der Waals surface area (Å²) < 4.78 is 5.41. The molecule has 0 rings (SSSR count). The highest BCUT2D eigenvalue weighted by Gasteiger charge is 2.19. The Morgan fingerprint density at radius 2 is 1.79 bits per heavy atom. The molecular weight excluding hydrogens is 174 g/mol. The van der Waals surface area contributed by atoms with Crippen LogP contribution < -0.4 is 5.32 Å². The Kier molecular flexibility index (Phi) is 8.20. The van der Waals surface area contributed by atoms with Gasteiger partial charge < -0.3 is 10.1 Å². The maximum atomic E-state index is 5.41. The third-order valence-electron chi connectivity index (χ3n) is 2.82. The number of hydrogen-bond donors (Lipinski definition) is 1. The first-order valence-electron chi connectivity index (χ1n) is 5.94. The van der Waals surface area contributed by atoms with E-state index in [-0.39, 0.29) is 0 Å². The second-order valence-corrected chi connectivity index (χ2v) is 4.24. The predicted octanol–water partition coefficient (Wildman–Crippen LogP) is 2.68. The lowest BCUT2D eigenvalue weighted by Gasteiger charge is -2.28. The molecule has 2 nitrogen and oxygen atoms in total. The van der Waals surface area contributed by atoms with Crippen molar-refractivity contribution in [1.82, 2.24) is 5.32 Å². The fourth-order valence-electron chi connectivity index (χ4n) is 2.00. The second-order valence-electron chi connectivity index (χ2n) is 4.24. The minimum Gasteiger partial charge on any atom is -0.382 e. The van der Waals surface area contributed by atoms with Gasteiger partial charge in [-0.25, -0.2) is 0 Å². The SMILES string of the molecule is CCNC(C)C(CCOCC)C(C)C. The van der Waals surface area contributed by atoms with E-state index in [1.807, 2.05) is 0 Å². The molecule has 0 amide bonds. The van der Waals surface area contributed by atoms with Gasteiger partial charge in [-0.1, -0.05) is 20.8 Å². The van der Waals surface area contributed by atoms with Crippen LogP contribution in [0.1, 0.15) is 41.0 Å². The monoisotopic (exact) mass is 201 g/mol. The van der Waals surface area contributed by atoms with Crippen LogP contribution in [0.25, 0.3) is 0 Å². The van der Waals surface area contributed by atoms with Crippen molar-refractivity contribution < 1.29 is 4.74 Å². The van der Waals surface area contributed by atoms with Crippen LogP contribution in [0.4, 0.5) is 0 Å². The van der Waals surface area contributed by atoms with Crippen molar-refractivity contribution in [1.29, 1.82) is 0 Å². The summed E-state index contributed by atoms with van der Waals surface area (Å²) in [6, 6.07) is 0.598. The fraction of sp³-hybridized carbons (Fsp3) is 1.00. The zero-order chi connectivity index (χ0) is 11.0. The summed E-state index contributed by atoms with van der Waals surface area (Å²) in [6.45, 7) is 13.9. The molecule has 2 unspecified atom stereocenters. The first-order valence-corrected chi connectivity index (χ1v) is 5.94. The van der Waals surface area contributed by atoms with E-state index < -0.39 is 0 Å². The van der Waals surface area contributed by atoms with Crippen LogP contribution in [0.15, 0.2) is 0 Å². The summed E-state index contributed by atoms with van der Waals surface area (Å²) in [6.07, 6.45) is 1.17. The Bertz CT molecular complexity index is 125. The number of nitrogens with one attached hydrogen (secondary N) is 1. The first kappa shape index (κ1) is 13.9. The molecule has 0 heterocycles. The van der Waals surface area contributed by atoms with Crippen molar-refractivity contribution in [2.45, 2.75) is 47.1 Å². The first-order chi connectivity index (χ1) is 6.63. The van der Waals surface area contributed by atoms with Gasteiger partial charge in [0.1, 0.15) is 0 Å². The van der Waals surface area contributed by atoms with Crippen LogP contribution in [0, 0.1) is 11.8 Å². The molecule has 0 saturated carbocycles. The molecule has 0 spiro atoms. The van der Waals surface area contributed by atoms with Crippen LogP contribution in [0.3, 0.4) is 0 Å². The van der Waals surface area contributed by atoms with E-state index in [0.717, 1.165) is 31.6 Å². The van der Waals surface area contributed by atoms with Gasteiger partial charge in [0, 0.05) is 19.3 Å². The van der Waals surface area contributed by atoms with Crippen molar-refractivity contribution in [3.63, 3.8) is 0 Å². The zero-order valence-electron chi connectivity index (χ0n) is 10.5. The Morgan fingerprint density at radius 3 is 2.21 bits per heavy atom. The van der Waals surface area contributed by atoms with Gasteiger partial charge in [-0.05, 0) is 38.6 Å². The lowest BCUT2D eigenvalue weighted by atomic mass is 9.87. The van der Waals surface area contributed by atoms with Crippen LogP contribution in [0.2, 0.25) is 0 Å². The molecule has 0 aliphatic carbocycles. The number of hydrogen-bond acceptors (Lipinski definition) is 2. The Balaban J connectivity index is 3.88. The summed E-state index contributed by atoms with van der Waals surface area (Å²) >= 11 is 0. The van der Waals surface area contributed by atoms with E-state index in [2.05, 4.69) is 39.9 Å². The summed E-state index contributed by atoms with van der Waals surface area (Å²) in [5, 5.41) is 3.50. The number of ether oxygens (including phenoxy) is 1. The molecule has 14 heavy (non-hydrogen) atoms. The molecule has 0 aromatic heterocycles. The summed E-state index contributed by atoms with van der Waals surface area (Å²) in [5.41, 5.74) is 0. The third-order valence-corrected chi connectivity index (χ3v) is 2.82. The van der Waals surface area contributed by atoms with E-state index in [0.29, 0.717) is 6.04 Å². The lowest BCUT2D eigenvalue weighted by molar-refractivity contribution is 0.115. The zero-order valence-corrected chi connectivity index (χ0v) is 10.5. The summed E-state index contributed by atoms with van der Waals surface area (Å²) in [4.78, 5) is 0. The third kappa shape index (κ3) is 5.61. The van der Waals surface area contributed by atoms with E-state index in [4.69, 9.17) is 4.74 Å². The lowest BCUT2D eigenvalue weighted by Crippen LogP contribution is -2.36. The Hall–Kier alpha value is -0.0800. The molecule has 1 N–H and O–H groups in total. The molecular formula is C12H27NO. The minimum absolute atomic E-state index is 0.598. The maximum absolute atomic E-state index is 5.41. The molecule has 0 aromatic carbocycles. The predicted molar refractivity (Wildman–Crippen MR) is 62.6 cm³/mol. The second kappa shape index (κ2) is 8.25. The van der Waals surface area contributed by atoms with Gasteiger partial charge in [-0.2, -0.15) is 0 Å². The molecule has 2 atom stereocenters. The summed E-state index contributed by atoms with van der Waals surface area (Å²) in [5.74, 6) is 1.45. The molecule has 2 heteroatoms. The van der Waals surface area contributed by atoms with Crippen molar-refractivity contribution in [3.8, 4) is 0 Å². The van der Waals surface area contributed by atoms with Crippen LogP contribution in [-0.2, 0) is 4.74 Å². The van der Waals surface area contributed by atoms with Gasteiger partial charge in [-0.15, -0.1) is 0 Å². The van der Waals surface area contributed by atoms with Gasteiger partial charge in [0.15, 0.2) is 0 Å². The van der Waals surface area contributed by atoms with Gasteiger partial charge in [0.2, 0.25) is 0 Å². The normalized spacial score (nSPS) is 15.9. The molecule has 0 aliphatic rings. The van der Waals surface area contributed by atoms with Crippen molar-refractivity contribution in [2.75, 3.05) is 19.8 Å². The van der Waals surface area contributed by atoms with Crippen LogP contribution in [-0.4, -0.2) is 25.8 Å². The summed E-state index contributed by atoms with van der Waals surface area (Å²) in [7, 11) is 0. The maximum Gasteiger partial charge on any atom is 0.0469 e. The van der Waals surface area contributed by atoms with E-state index >= 15 is 0 Å². The van der Waals surface area contributed by atoms with E-state index in [1.165, 1.54) is 6.42 Å². The topological polar surface area (TPSA) is 21.3 Å². The van der Waals surface area contributed by atoms with Crippen molar-refractivity contribution in [3.05, 3.63) is 0 Å². The smallest absolute Gasteiger partial charge is 0.0469 e. The van der Waals surface area contributed by atoms with Crippen molar-refractivity contribution >= 4 is 0 Å². The highest BCUT2D eigenvalue weighted by atomic mass is 16.5. The van der Waals surface area contributed by atoms with Crippen LogP contribution in [0.5, 0.6) is 0 Å². The molecule has 0 aliphatic heterocycles. The van der Waals surface area contributed by atoms with Crippen LogP contribution >= 0.6 is 0 Å². The molecule has 0 aromatic rings. The van der Waals surface area contributed by atoms with Gasteiger partial charge in [0.25, 0.3) is 0 Å². The quantitative estimate of drug-likeness (QED) is 0.610. The Labute approximate surface area is 89.4 Å². The number of rotatable bonds is 8. The average Bonchev–Trinajstić information content (AvgIpc) is 2.12. The Morgan fingerprint density at radius 1 is 1.14 bits per heavy atom. The molecule has 0 radical (unpaired) electrons. The molecule has 0 bridgehead atoms. The highest BCUT2D eigenvalue weighted by Crippen LogP contribution is 2.19. The van der Waals surface area contributed by atoms with E-state index in [1.54, 1.807) is 0 Å². The molecule has 0 fully saturated rings. The van der Waals surface area contributed by atoms with E-state index in [9.17, 15) is 0 Å². The highest BCUT2D eigenvalue weighted by molar-refractivity contribution is 4.74. The molecule has 86 valence electrons. The van der Waals surface area contributed by atoms with Gasteiger partial charge in [-0.3, -0.25) is 0 Å².